The van der Waals surface area contributed by atoms with E-state index in [1.165, 1.54) is 6.07 Å². The maximum atomic E-state index is 13.4. The van der Waals surface area contributed by atoms with Crippen molar-refractivity contribution in [2.45, 2.75) is 25.8 Å². The molecule has 2 nitrogen and oxygen atoms in total. The van der Waals surface area contributed by atoms with Crippen molar-refractivity contribution < 1.29 is 8.81 Å². The Morgan fingerprint density at radius 2 is 2.29 bits per heavy atom. The van der Waals surface area contributed by atoms with Gasteiger partial charge in [-0.25, -0.2) is 4.39 Å². The Balaban J connectivity index is 2.28. The Hall–Kier alpha value is -1.79. The fourth-order valence-corrected chi connectivity index (χ4v) is 1.64. The van der Waals surface area contributed by atoms with Gasteiger partial charge >= 0.3 is 0 Å². The van der Waals surface area contributed by atoms with E-state index in [9.17, 15) is 4.39 Å². The van der Waals surface area contributed by atoms with Crippen molar-refractivity contribution in [1.82, 2.24) is 0 Å². The van der Waals surface area contributed by atoms with E-state index in [2.05, 4.69) is 18.8 Å². The molecule has 2 rings (SSSR count). The molecule has 0 radical (unpaired) electrons. The lowest BCUT2D eigenvalue weighted by Crippen LogP contribution is -2.16. The Labute approximate surface area is 99.6 Å². The molecule has 1 heterocycles. The highest BCUT2D eigenvalue weighted by molar-refractivity contribution is 5.79. The molecule has 0 aliphatic carbocycles. The van der Waals surface area contributed by atoms with Gasteiger partial charge in [-0.15, -0.1) is 0 Å². The topological polar surface area (TPSA) is 39.2 Å². The molecule has 17 heavy (non-hydrogen) atoms. The van der Waals surface area contributed by atoms with Gasteiger partial charge in [0.15, 0.2) is 17.2 Å². The van der Waals surface area contributed by atoms with Gasteiger partial charge in [-0.05, 0) is 18.4 Å². The van der Waals surface area contributed by atoms with Crippen molar-refractivity contribution in [3.63, 3.8) is 0 Å². The fourth-order valence-electron chi connectivity index (χ4n) is 1.64. The molecule has 0 bridgehead atoms. The number of hydrogen-bond donors (Lipinski definition) is 1. The van der Waals surface area contributed by atoms with E-state index in [-0.39, 0.29) is 17.4 Å². The summed E-state index contributed by atoms with van der Waals surface area (Å²) in [5.41, 5.74) is 6.02. The van der Waals surface area contributed by atoms with Gasteiger partial charge in [0.25, 0.3) is 0 Å². The van der Waals surface area contributed by atoms with Crippen LogP contribution in [0.3, 0.4) is 0 Å². The average Bonchev–Trinajstić information content (AvgIpc) is 2.71. The summed E-state index contributed by atoms with van der Waals surface area (Å²) in [5.74, 6) is 5.82. The number of nitrogens with two attached hydrogens (primary N) is 1. The van der Waals surface area contributed by atoms with Gasteiger partial charge in [-0.3, -0.25) is 0 Å². The van der Waals surface area contributed by atoms with Crippen LogP contribution in [-0.2, 0) is 0 Å². The highest BCUT2D eigenvalue weighted by Gasteiger charge is 2.06. The molecule has 0 aliphatic heterocycles. The zero-order valence-corrected chi connectivity index (χ0v) is 9.66. The van der Waals surface area contributed by atoms with E-state index < -0.39 is 0 Å². The quantitative estimate of drug-likeness (QED) is 0.807. The van der Waals surface area contributed by atoms with Crippen molar-refractivity contribution in [2.24, 2.45) is 5.73 Å². The minimum atomic E-state index is -0.367. The zero-order chi connectivity index (χ0) is 12.3. The molecule has 0 saturated heterocycles. The Morgan fingerprint density at radius 1 is 1.47 bits per heavy atom. The standard InChI is InChI=1S/C14H14FNO/c1-2-4-11(16)7-8-12-9-10-5-3-6-13(15)14(10)17-12/h3,5-6,9,11H,2,4,16H2,1H3. The summed E-state index contributed by atoms with van der Waals surface area (Å²) in [5, 5.41) is 0.721. The number of para-hydroxylation sites is 1. The fraction of sp³-hybridized carbons (Fsp3) is 0.286. The van der Waals surface area contributed by atoms with Crippen molar-refractivity contribution in [1.29, 1.82) is 0 Å². The maximum Gasteiger partial charge on any atom is 0.178 e. The highest BCUT2D eigenvalue weighted by Crippen LogP contribution is 2.21. The van der Waals surface area contributed by atoms with Crippen LogP contribution in [0.2, 0.25) is 0 Å². The van der Waals surface area contributed by atoms with Crippen LogP contribution >= 0.6 is 0 Å². The van der Waals surface area contributed by atoms with Crippen LogP contribution in [0.15, 0.2) is 28.7 Å². The van der Waals surface area contributed by atoms with Crippen molar-refractivity contribution >= 4 is 11.0 Å². The summed E-state index contributed by atoms with van der Waals surface area (Å²) in [4.78, 5) is 0. The number of furan rings is 1. The Bertz CT molecular complexity index is 577. The minimum absolute atomic E-state index is 0.155. The van der Waals surface area contributed by atoms with Crippen molar-refractivity contribution in [2.75, 3.05) is 0 Å². The van der Waals surface area contributed by atoms with Gasteiger partial charge in [0.2, 0.25) is 0 Å². The summed E-state index contributed by atoms with van der Waals surface area (Å²) in [6.45, 7) is 2.05. The molecule has 0 amide bonds. The average molecular weight is 231 g/mol. The zero-order valence-electron chi connectivity index (χ0n) is 9.66. The molecule has 1 atom stereocenters. The van der Waals surface area contributed by atoms with Crippen LogP contribution in [0.4, 0.5) is 4.39 Å². The van der Waals surface area contributed by atoms with Gasteiger partial charge in [0, 0.05) is 11.5 Å². The van der Waals surface area contributed by atoms with E-state index in [1.807, 2.05) is 0 Å². The third-order valence-electron chi connectivity index (χ3n) is 2.48. The third kappa shape index (κ3) is 2.66. The smallest absolute Gasteiger partial charge is 0.178 e. The highest BCUT2D eigenvalue weighted by atomic mass is 19.1. The lowest BCUT2D eigenvalue weighted by Gasteiger charge is -1.97. The Morgan fingerprint density at radius 3 is 3.00 bits per heavy atom. The van der Waals surface area contributed by atoms with Crippen LogP contribution < -0.4 is 5.73 Å². The SMILES string of the molecule is CCCC(N)C#Cc1cc2cccc(F)c2o1. The monoisotopic (exact) mass is 231 g/mol. The molecule has 0 saturated carbocycles. The second-order valence-electron chi connectivity index (χ2n) is 3.93. The van der Waals surface area contributed by atoms with Crippen LogP contribution in [-0.4, -0.2) is 6.04 Å². The molecule has 88 valence electrons. The largest absolute Gasteiger partial charge is 0.445 e. The van der Waals surface area contributed by atoms with Crippen LogP contribution in [0, 0.1) is 17.7 Å². The number of halogens is 1. The first-order valence-electron chi connectivity index (χ1n) is 5.66. The van der Waals surface area contributed by atoms with Crippen LogP contribution in [0.1, 0.15) is 25.5 Å². The summed E-state index contributed by atoms with van der Waals surface area (Å²) in [6.07, 6.45) is 1.84. The van der Waals surface area contributed by atoms with E-state index in [0.717, 1.165) is 18.2 Å². The normalized spacial score (nSPS) is 12.2. The van der Waals surface area contributed by atoms with Crippen molar-refractivity contribution in [3.8, 4) is 11.8 Å². The lowest BCUT2D eigenvalue weighted by atomic mass is 10.2. The van der Waals surface area contributed by atoms with Crippen LogP contribution in [0.25, 0.3) is 11.0 Å². The van der Waals surface area contributed by atoms with Gasteiger partial charge in [0.1, 0.15) is 0 Å². The van der Waals surface area contributed by atoms with E-state index in [4.69, 9.17) is 10.2 Å². The minimum Gasteiger partial charge on any atom is -0.445 e. The lowest BCUT2D eigenvalue weighted by molar-refractivity contribution is 0.552. The number of hydrogen-bond acceptors (Lipinski definition) is 2. The Kier molecular flexibility index (Phi) is 3.46. The molecular weight excluding hydrogens is 217 g/mol. The molecule has 3 heteroatoms. The number of fused-ring (bicyclic) bond motifs is 1. The third-order valence-corrected chi connectivity index (χ3v) is 2.48. The second-order valence-corrected chi connectivity index (χ2v) is 3.93. The van der Waals surface area contributed by atoms with E-state index >= 15 is 0 Å². The summed E-state index contributed by atoms with van der Waals surface area (Å²) >= 11 is 0. The molecule has 0 spiro atoms. The summed E-state index contributed by atoms with van der Waals surface area (Å²) < 4.78 is 18.7. The van der Waals surface area contributed by atoms with Gasteiger partial charge in [0.05, 0.1) is 6.04 Å². The molecular formula is C14H14FNO. The first-order chi connectivity index (χ1) is 8.20. The molecule has 2 N–H and O–H groups in total. The first-order valence-corrected chi connectivity index (χ1v) is 5.66. The van der Waals surface area contributed by atoms with Gasteiger partial charge < -0.3 is 10.2 Å². The van der Waals surface area contributed by atoms with Crippen molar-refractivity contribution in [3.05, 3.63) is 35.8 Å². The first kappa shape index (κ1) is 11.7. The number of benzene rings is 1. The van der Waals surface area contributed by atoms with Crippen LogP contribution in [0.5, 0.6) is 0 Å². The molecule has 1 aromatic heterocycles. The predicted molar refractivity (Wildman–Crippen MR) is 65.9 cm³/mol. The molecule has 1 aromatic carbocycles. The molecule has 2 aromatic rings. The predicted octanol–water partition coefficient (Wildman–Crippen LogP) is 3.05. The molecule has 0 aliphatic rings. The van der Waals surface area contributed by atoms with E-state index in [1.54, 1.807) is 18.2 Å². The van der Waals surface area contributed by atoms with E-state index in [0.29, 0.717) is 5.76 Å². The maximum absolute atomic E-state index is 13.4. The molecule has 1 unspecified atom stereocenters. The van der Waals surface area contributed by atoms with Gasteiger partial charge in [-0.2, -0.15) is 0 Å². The summed E-state index contributed by atoms with van der Waals surface area (Å²) in [7, 11) is 0. The second kappa shape index (κ2) is 5.03. The summed E-state index contributed by atoms with van der Waals surface area (Å²) in [6, 6.07) is 6.38. The molecule has 0 fully saturated rings. The van der Waals surface area contributed by atoms with Gasteiger partial charge in [-0.1, -0.05) is 31.4 Å². The number of rotatable bonds is 2.